The SMILES string of the molecule is CNC(CC1CCCC1)c1sccc1OC. The average Bonchev–Trinajstić information content (AvgIpc) is 2.96. The highest BCUT2D eigenvalue weighted by molar-refractivity contribution is 7.10. The van der Waals surface area contributed by atoms with Gasteiger partial charge in [-0.3, -0.25) is 0 Å². The number of methoxy groups -OCH3 is 1. The topological polar surface area (TPSA) is 21.3 Å². The van der Waals surface area contributed by atoms with E-state index in [2.05, 4.69) is 23.8 Å². The van der Waals surface area contributed by atoms with Gasteiger partial charge in [0.15, 0.2) is 0 Å². The molecule has 0 amide bonds. The highest BCUT2D eigenvalue weighted by atomic mass is 32.1. The van der Waals surface area contributed by atoms with Crippen molar-refractivity contribution in [2.75, 3.05) is 14.2 Å². The zero-order chi connectivity index (χ0) is 11.4. The Kier molecular flexibility index (Phi) is 4.24. The van der Waals surface area contributed by atoms with Crippen LogP contribution < -0.4 is 10.1 Å². The third kappa shape index (κ3) is 2.58. The predicted octanol–water partition coefficient (Wildman–Crippen LogP) is 3.60. The van der Waals surface area contributed by atoms with E-state index in [-0.39, 0.29) is 0 Å². The van der Waals surface area contributed by atoms with Gasteiger partial charge in [-0.25, -0.2) is 0 Å². The molecule has 0 radical (unpaired) electrons. The molecule has 1 aromatic rings. The van der Waals surface area contributed by atoms with Crippen molar-refractivity contribution in [2.24, 2.45) is 5.92 Å². The Morgan fingerprint density at radius 2 is 2.25 bits per heavy atom. The van der Waals surface area contributed by atoms with Gasteiger partial charge in [-0.2, -0.15) is 0 Å². The van der Waals surface area contributed by atoms with Gasteiger partial charge >= 0.3 is 0 Å². The molecule has 0 aliphatic heterocycles. The molecule has 0 saturated heterocycles. The molecule has 2 nitrogen and oxygen atoms in total. The van der Waals surface area contributed by atoms with Gasteiger partial charge in [-0.05, 0) is 30.8 Å². The fourth-order valence-electron chi connectivity index (χ4n) is 2.67. The Balaban J connectivity index is 2.03. The molecule has 2 rings (SSSR count). The zero-order valence-electron chi connectivity index (χ0n) is 10.2. The van der Waals surface area contributed by atoms with Crippen LogP contribution in [0.1, 0.15) is 43.0 Å². The average molecular weight is 239 g/mol. The molecule has 90 valence electrons. The summed E-state index contributed by atoms with van der Waals surface area (Å²) in [7, 11) is 3.81. The highest BCUT2D eigenvalue weighted by Gasteiger charge is 2.23. The maximum absolute atomic E-state index is 5.40. The minimum Gasteiger partial charge on any atom is -0.496 e. The molecule has 1 aliphatic carbocycles. The molecule has 3 heteroatoms. The molecular formula is C13H21NOS. The summed E-state index contributed by atoms with van der Waals surface area (Å²) in [6.45, 7) is 0. The smallest absolute Gasteiger partial charge is 0.134 e. The first kappa shape index (κ1) is 11.9. The fraction of sp³-hybridized carbons (Fsp3) is 0.692. The number of hydrogen-bond donors (Lipinski definition) is 1. The van der Waals surface area contributed by atoms with Crippen molar-refractivity contribution in [3.63, 3.8) is 0 Å². The van der Waals surface area contributed by atoms with Crippen molar-refractivity contribution in [1.82, 2.24) is 5.32 Å². The lowest BCUT2D eigenvalue weighted by Gasteiger charge is -2.19. The Bertz CT molecular complexity index is 317. The summed E-state index contributed by atoms with van der Waals surface area (Å²) in [6.07, 6.45) is 6.91. The summed E-state index contributed by atoms with van der Waals surface area (Å²) in [6, 6.07) is 2.54. The molecule has 0 spiro atoms. The third-order valence-corrected chi connectivity index (χ3v) is 4.60. The Hall–Kier alpha value is -0.540. The lowest BCUT2D eigenvalue weighted by atomic mass is 9.97. The van der Waals surface area contributed by atoms with E-state index in [0.29, 0.717) is 6.04 Å². The molecule has 0 bridgehead atoms. The Labute approximate surface area is 102 Å². The summed E-state index contributed by atoms with van der Waals surface area (Å²) in [4.78, 5) is 1.36. The molecule has 1 aromatic heterocycles. The van der Waals surface area contributed by atoms with Crippen LogP contribution in [0.25, 0.3) is 0 Å². The lowest BCUT2D eigenvalue weighted by molar-refractivity contribution is 0.383. The normalized spacial score (nSPS) is 18.9. The van der Waals surface area contributed by atoms with Gasteiger partial charge < -0.3 is 10.1 Å². The van der Waals surface area contributed by atoms with E-state index in [0.717, 1.165) is 11.7 Å². The van der Waals surface area contributed by atoms with E-state index in [1.54, 1.807) is 18.4 Å². The van der Waals surface area contributed by atoms with Gasteiger partial charge in [0.05, 0.1) is 12.0 Å². The van der Waals surface area contributed by atoms with E-state index in [9.17, 15) is 0 Å². The number of hydrogen-bond acceptors (Lipinski definition) is 3. The summed E-state index contributed by atoms with van der Waals surface area (Å²) >= 11 is 1.80. The molecule has 1 saturated carbocycles. The second kappa shape index (κ2) is 5.69. The monoisotopic (exact) mass is 239 g/mol. The molecular weight excluding hydrogens is 218 g/mol. The van der Waals surface area contributed by atoms with Crippen LogP contribution in [0.5, 0.6) is 5.75 Å². The quantitative estimate of drug-likeness (QED) is 0.847. The van der Waals surface area contributed by atoms with Gasteiger partial charge in [0.2, 0.25) is 0 Å². The standard InChI is InChI=1S/C13H21NOS/c1-14-11(9-10-5-3-4-6-10)13-12(15-2)7-8-16-13/h7-8,10-11,14H,3-6,9H2,1-2H3. The van der Waals surface area contributed by atoms with Gasteiger partial charge in [-0.15, -0.1) is 11.3 Å². The maximum Gasteiger partial charge on any atom is 0.134 e. The van der Waals surface area contributed by atoms with E-state index >= 15 is 0 Å². The fourth-order valence-corrected chi connectivity index (χ4v) is 3.65. The molecule has 1 N–H and O–H groups in total. The minimum atomic E-state index is 0.470. The molecule has 1 unspecified atom stereocenters. The molecule has 1 atom stereocenters. The van der Waals surface area contributed by atoms with Crippen LogP contribution in [0.4, 0.5) is 0 Å². The Morgan fingerprint density at radius 1 is 1.50 bits per heavy atom. The van der Waals surface area contributed by atoms with Gasteiger partial charge in [0.25, 0.3) is 0 Å². The first-order valence-electron chi connectivity index (χ1n) is 6.13. The number of rotatable bonds is 5. The number of ether oxygens (including phenoxy) is 1. The van der Waals surface area contributed by atoms with Crippen LogP contribution in [0.15, 0.2) is 11.4 Å². The first-order chi connectivity index (χ1) is 7.85. The Morgan fingerprint density at radius 3 is 2.88 bits per heavy atom. The van der Waals surface area contributed by atoms with Crippen molar-refractivity contribution in [3.05, 3.63) is 16.3 Å². The predicted molar refractivity (Wildman–Crippen MR) is 69.2 cm³/mol. The van der Waals surface area contributed by atoms with Crippen LogP contribution in [0.3, 0.4) is 0 Å². The van der Waals surface area contributed by atoms with Crippen molar-refractivity contribution >= 4 is 11.3 Å². The summed E-state index contributed by atoms with van der Waals surface area (Å²) < 4.78 is 5.40. The largest absolute Gasteiger partial charge is 0.496 e. The highest BCUT2D eigenvalue weighted by Crippen LogP contribution is 2.38. The number of thiophene rings is 1. The van der Waals surface area contributed by atoms with E-state index in [4.69, 9.17) is 4.74 Å². The molecule has 1 fully saturated rings. The lowest BCUT2D eigenvalue weighted by Crippen LogP contribution is -2.18. The third-order valence-electron chi connectivity index (χ3n) is 3.59. The molecule has 0 aromatic carbocycles. The van der Waals surface area contributed by atoms with Crippen molar-refractivity contribution in [1.29, 1.82) is 0 Å². The number of nitrogens with one attached hydrogen (secondary N) is 1. The van der Waals surface area contributed by atoms with Crippen molar-refractivity contribution in [3.8, 4) is 5.75 Å². The van der Waals surface area contributed by atoms with Crippen LogP contribution in [0, 0.1) is 5.92 Å². The minimum absolute atomic E-state index is 0.470. The van der Waals surface area contributed by atoms with Crippen molar-refractivity contribution < 1.29 is 4.74 Å². The van der Waals surface area contributed by atoms with E-state index in [1.165, 1.54) is 37.0 Å². The summed E-state index contributed by atoms with van der Waals surface area (Å²) in [5.41, 5.74) is 0. The van der Waals surface area contributed by atoms with Crippen LogP contribution in [0.2, 0.25) is 0 Å². The summed E-state index contributed by atoms with van der Waals surface area (Å²) in [5, 5.41) is 5.55. The van der Waals surface area contributed by atoms with Gasteiger partial charge in [0.1, 0.15) is 5.75 Å². The zero-order valence-corrected chi connectivity index (χ0v) is 11.0. The molecule has 16 heavy (non-hydrogen) atoms. The van der Waals surface area contributed by atoms with E-state index < -0.39 is 0 Å². The van der Waals surface area contributed by atoms with Crippen LogP contribution >= 0.6 is 11.3 Å². The van der Waals surface area contributed by atoms with Gasteiger partial charge in [0, 0.05) is 6.04 Å². The van der Waals surface area contributed by atoms with E-state index in [1.807, 2.05) is 0 Å². The second-order valence-electron chi connectivity index (χ2n) is 4.58. The maximum atomic E-state index is 5.40. The first-order valence-corrected chi connectivity index (χ1v) is 7.01. The van der Waals surface area contributed by atoms with Crippen molar-refractivity contribution in [2.45, 2.75) is 38.1 Å². The molecule has 1 heterocycles. The summed E-state index contributed by atoms with van der Waals surface area (Å²) in [5.74, 6) is 1.95. The second-order valence-corrected chi connectivity index (χ2v) is 5.53. The van der Waals surface area contributed by atoms with Crippen LogP contribution in [-0.4, -0.2) is 14.2 Å². The molecule has 1 aliphatic rings. The van der Waals surface area contributed by atoms with Gasteiger partial charge in [-0.1, -0.05) is 25.7 Å². The van der Waals surface area contributed by atoms with Crippen LogP contribution in [-0.2, 0) is 0 Å².